The second-order valence-corrected chi connectivity index (χ2v) is 5.35. The van der Waals surface area contributed by atoms with Gasteiger partial charge in [-0.25, -0.2) is 0 Å². The number of hydrogen-bond donors (Lipinski definition) is 2. The summed E-state index contributed by atoms with van der Waals surface area (Å²) in [6, 6.07) is 7.64. The van der Waals surface area contributed by atoms with Crippen molar-refractivity contribution in [3.05, 3.63) is 35.4 Å². The predicted molar refractivity (Wildman–Crippen MR) is 81.0 cm³/mol. The molecule has 0 spiro atoms. The van der Waals surface area contributed by atoms with Crippen molar-refractivity contribution in [2.24, 2.45) is 11.8 Å². The fourth-order valence-electron chi connectivity index (χ4n) is 1.76. The highest BCUT2D eigenvalue weighted by Gasteiger charge is 2.18. The number of rotatable bonds is 4. The molecule has 20 heavy (non-hydrogen) atoms. The molecule has 0 heterocycles. The van der Waals surface area contributed by atoms with Crippen molar-refractivity contribution in [1.82, 2.24) is 5.32 Å². The SMILES string of the molecule is CC(NC(=O)C(C)C(C)C)c1cccc(C#CCO)c1. The largest absolute Gasteiger partial charge is 0.384 e. The molecule has 0 fully saturated rings. The van der Waals surface area contributed by atoms with Crippen LogP contribution in [0.4, 0.5) is 0 Å². The van der Waals surface area contributed by atoms with Gasteiger partial charge < -0.3 is 10.4 Å². The van der Waals surface area contributed by atoms with Gasteiger partial charge >= 0.3 is 0 Å². The van der Waals surface area contributed by atoms with E-state index in [4.69, 9.17) is 5.11 Å². The molecule has 0 bridgehead atoms. The van der Waals surface area contributed by atoms with Gasteiger partial charge in [0.2, 0.25) is 5.91 Å². The zero-order chi connectivity index (χ0) is 15.1. The number of benzene rings is 1. The quantitative estimate of drug-likeness (QED) is 0.828. The minimum absolute atomic E-state index is 0.00480. The molecule has 1 amide bonds. The van der Waals surface area contributed by atoms with Crippen LogP contribution in [0.3, 0.4) is 0 Å². The Morgan fingerprint density at radius 1 is 1.30 bits per heavy atom. The highest BCUT2D eigenvalue weighted by atomic mass is 16.2. The van der Waals surface area contributed by atoms with Gasteiger partial charge in [0.15, 0.2) is 0 Å². The lowest BCUT2D eigenvalue weighted by atomic mass is 9.96. The number of hydrogen-bond acceptors (Lipinski definition) is 2. The molecule has 0 aromatic heterocycles. The summed E-state index contributed by atoms with van der Waals surface area (Å²) in [7, 11) is 0. The van der Waals surface area contributed by atoms with Crippen LogP contribution in [0.15, 0.2) is 24.3 Å². The third-order valence-corrected chi connectivity index (χ3v) is 3.47. The Balaban J connectivity index is 2.77. The lowest BCUT2D eigenvalue weighted by Crippen LogP contribution is -2.33. The minimum Gasteiger partial charge on any atom is -0.384 e. The van der Waals surface area contributed by atoms with Crippen molar-refractivity contribution in [2.45, 2.75) is 33.7 Å². The van der Waals surface area contributed by atoms with E-state index in [1.54, 1.807) is 0 Å². The first-order valence-electron chi connectivity index (χ1n) is 6.95. The maximum absolute atomic E-state index is 12.1. The monoisotopic (exact) mass is 273 g/mol. The van der Waals surface area contributed by atoms with Crippen LogP contribution in [0.25, 0.3) is 0 Å². The summed E-state index contributed by atoms with van der Waals surface area (Å²) in [5.74, 6) is 5.88. The van der Waals surface area contributed by atoms with Crippen LogP contribution in [-0.4, -0.2) is 17.6 Å². The summed E-state index contributed by atoms with van der Waals surface area (Å²) in [5, 5.41) is 11.7. The van der Waals surface area contributed by atoms with Crippen molar-refractivity contribution in [3.63, 3.8) is 0 Å². The van der Waals surface area contributed by atoms with Crippen molar-refractivity contribution in [3.8, 4) is 11.8 Å². The summed E-state index contributed by atoms with van der Waals surface area (Å²) < 4.78 is 0. The topological polar surface area (TPSA) is 49.3 Å². The zero-order valence-electron chi connectivity index (χ0n) is 12.6. The average molecular weight is 273 g/mol. The predicted octanol–water partition coefficient (Wildman–Crippen LogP) is 2.50. The van der Waals surface area contributed by atoms with Gasteiger partial charge in [-0.3, -0.25) is 4.79 Å². The van der Waals surface area contributed by atoms with Gasteiger partial charge in [0, 0.05) is 11.5 Å². The van der Waals surface area contributed by atoms with E-state index in [2.05, 4.69) is 17.2 Å². The van der Waals surface area contributed by atoms with Crippen LogP contribution >= 0.6 is 0 Å². The molecule has 3 heteroatoms. The Bertz CT molecular complexity index is 511. The number of aliphatic hydroxyl groups is 1. The average Bonchev–Trinajstić information content (AvgIpc) is 2.44. The van der Waals surface area contributed by atoms with E-state index < -0.39 is 0 Å². The Morgan fingerprint density at radius 3 is 2.60 bits per heavy atom. The van der Waals surface area contributed by atoms with Crippen LogP contribution in [0.2, 0.25) is 0 Å². The van der Waals surface area contributed by atoms with Crippen molar-refractivity contribution in [1.29, 1.82) is 0 Å². The molecule has 0 aliphatic rings. The molecule has 3 nitrogen and oxygen atoms in total. The summed E-state index contributed by atoms with van der Waals surface area (Å²) >= 11 is 0. The van der Waals surface area contributed by atoms with E-state index in [9.17, 15) is 4.79 Å². The Kier molecular flexibility index (Phi) is 6.27. The van der Waals surface area contributed by atoms with E-state index in [0.717, 1.165) is 11.1 Å². The number of carbonyl (C=O) groups is 1. The van der Waals surface area contributed by atoms with Crippen LogP contribution in [0, 0.1) is 23.7 Å². The van der Waals surface area contributed by atoms with Crippen LogP contribution in [0.1, 0.15) is 44.9 Å². The fourth-order valence-corrected chi connectivity index (χ4v) is 1.76. The van der Waals surface area contributed by atoms with E-state index in [1.165, 1.54) is 0 Å². The van der Waals surface area contributed by atoms with Gasteiger partial charge in [-0.1, -0.05) is 44.7 Å². The molecule has 0 saturated heterocycles. The lowest BCUT2D eigenvalue weighted by Gasteiger charge is -2.20. The van der Waals surface area contributed by atoms with Gasteiger partial charge in [-0.15, -0.1) is 0 Å². The molecule has 1 aromatic rings. The van der Waals surface area contributed by atoms with Crippen molar-refractivity contribution < 1.29 is 9.90 Å². The van der Waals surface area contributed by atoms with Crippen molar-refractivity contribution in [2.75, 3.05) is 6.61 Å². The highest BCUT2D eigenvalue weighted by molar-refractivity contribution is 5.78. The molecular formula is C17H23NO2. The van der Waals surface area contributed by atoms with Crippen LogP contribution < -0.4 is 5.32 Å². The Morgan fingerprint density at radius 2 is 2.00 bits per heavy atom. The van der Waals surface area contributed by atoms with Gasteiger partial charge in [0.05, 0.1) is 6.04 Å². The van der Waals surface area contributed by atoms with Crippen molar-refractivity contribution >= 4 is 5.91 Å². The molecule has 108 valence electrons. The third kappa shape index (κ3) is 4.71. The van der Waals surface area contributed by atoms with Crippen LogP contribution in [0.5, 0.6) is 0 Å². The Hall–Kier alpha value is -1.79. The standard InChI is InChI=1S/C17H23NO2/c1-12(2)13(3)17(20)18-14(4)16-9-5-7-15(11-16)8-6-10-19/h5,7,9,11-14,19H,10H2,1-4H3,(H,18,20). The smallest absolute Gasteiger partial charge is 0.223 e. The number of carbonyl (C=O) groups excluding carboxylic acids is 1. The first-order chi connectivity index (χ1) is 9.45. The molecule has 1 aromatic carbocycles. The first kappa shape index (κ1) is 16.3. The van der Waals surface area contributed by atoms with Gasteiger partial charge in [0.1, 0.15) is 6.61 Å². The lowest BCUT2D eigenvalue weighted by molar-refractivity contribution is -0.126. The molecular weight excluding hydrogens is 250 g/mol. The first-order valence-corrected chi connectivity index (χ1v) is 6.95. The van der Waals surface area contributed by atoms with E-state index in [0.29, 0.717) is 5.92 Å². The van der Waals surface area contributed by atoms with E-state index in [1.807, 2.05) is 52.0 Å². The molecule has 0 aliphatic heterocycles. The molecule has 2 atom stereocenters. The van der Waals surface area contributed by atoms with E-state index in [-0.39, 0.29) is 24.5 Å². The molecule has 0 saturated carbocycles. The van der Waals surface area contributed by atoms with Gasteiger partial charge in [-0.05, 0) is 30.5 Å². The summed E-state index contributed by atoms with van der Waals surface area (Å²) in [6.45, 7) is 7.84. The maximum atomic E-state index is 12.1. The van der Waals surface area contributed by atoms with E-state index >= 15 is 0 Å². The number of nitrogens with one attached hydrogen (secondary N) is 1. The molecule has 1 rings (SSSR count). The second kappa shape index (κ2) is 7.72. The molecule has 2 N–H and O–H groups in total. The van der Waals surface area contributed by atoms with Crippen LogP contribution in [-0.2, 0) is 4.79 Å². The summed E-state index contributed by atoms with van der Waals surface area (Å²) in [6.07, 6.45) is 0. The van der Waals surface area contributed by atoms with Gasteiger partial charge in [-0.2, -0.15) is 0 Å². The van der Waals surface area contributed by atoms with Gasteiger partial charge in [0.25, 0.3) is 0 Å². The normalized spacial score (nSPS) is 13.3. The zero-order valence-corrected chi connectivity index (χ0v) is 12.6. The second-order valence-electron chi connectivity index (χ2n) is 5.35. The Labute approximate surface area is 121 Å². The molecule has 2 unspecified atom stereocenters. The number of amides is 1. The molecule has 0 aliphatic carbocycles. The highest BCUT2D eigenvalue weighted by Crippen LogP contribution is 2.16. The summed E-state index contributed by atoms with van der Waals surface area (Å²) in [4.78, 5) is 12.1. The molecule has 0 radical (unpaired) electrons. The fraction of sp³-hybridized carbons (Fsp3) is 0.471. The maximum Gasteiger partial charge on any atom is 0.223 e. The third-order valence-electron chi connectivity index (χ3n) is 3.47. The minimum atomic E-state index is -0.150. The number of aliphatic hydroxyl groups excluding tert-OH is 1. The summed E-state index contributed by atoms with van der Waals surface area (Å²) in [5.41, 5.74) is 1.86.